The number of carbonyl (C=O) groups is 2. The van der Waals surface area contributed by atoms with Crippen molar-refractivity contribution >= 4 is 11.9 Å². The summed E-state index contributed by atoms with van der Waals surface area (Å²) < 4.78 is 22.7. The number of ether oxygens (including phenoxy) is 4. The molecule has 0 N–H and O–H groups in total. The zero-order valence-electron chi connectivity index (χ0n) is 17.7. The van der Waals surface area contributed by atoms with Crippen molar-refractivity contribution < 1.29 is 28.5 Å². The lowest BCUT2D eigenvalue weighted by Gasteiger charge is -2.56. The highest BCUT2D eigenvalue weighted by Gasteiger charge is 2.68. The molecule has 0 saturated carbocycles. The van der Waals surface area contributed by atoms with Crippen LogP contribution in [0.4, 0.5) is 0 Å². The van der Waals surface area contributed by atoms with Gasteiger partial charge in [-0.3, -0.25) is 4.79 Å². The van der Waals surface area contributed by atoms with Crippen LogP contribution in [0.2, 0.25) is 0 Å². The monoisotopic (exact) mass is 413 g/mol. The molecule has 2 fully saturated rings. The van der Waals surface area contributed by atoms with Gasteiger partial charge in [0.2, 0.25) is 0 Å². The highest BCUT2D eigenvalue weighted by Crippen LogP contribution is 2.49. The summed E-state index contributed by atoms with van der Waals surface area (Å²) in [6.07, 6.45) is 2.69. The van der Waals surface area contributed by atoms with E-state index in [0.29, 0.717) is 13.2 Å². The van der Waals surface area contributed by atoms with Crippen molar-refractivity contribution in [2.45, 2.75) is 50.8 Å². The predicted octanol–water partition coefficient (Wildman–Crippen LogP) is 2.36. The van der Waals surface area contributed by atoms with Crippen LogP contribution < -0.4 is 0 Å². The Kier molecular flexibility index (Phi) is 5.30. The van der Waals surface area contributed by atoms with Crippen LogP contribution in [0.5, 0.6) is 0 Å². The number of hydrogen-bond donors (Lipinski definition) is 0. The molecule has 4 rings (SSSR count). The van der Waals surface area contributed by atoms with E-state index in [1.807, 2.05) is 51.1 Å². The van der Waals surface area contributed by atoms with E-state index in [2.05, 4.69) is 4.74 Å². The van der Waals surface area contributed by atoms with Crippen LogP contribution in [0.15, 0.2) is 53.6 Å². The second-order valence-electron chi connectivity index (χ2n) is 8.26. The van der Waals surface area contributed by atoms with E-state index in [1.54, 1.807) is 11.0 Å². The first-order valence-electron chi connectivity index (χ1n) is 10.1. The molecule has 30 heavy (non-hydrogen) atoms. The van der Waals surface area contributed by atoms with Crippen molar-refractivity contribution in [1.29, 1.82) is 0 Å². The van der Waals surface area contributed by atoms with Gasteiger partial charge in [0.1, 0.15) is 12.1 Å². The number of esters is 1. The number of rotatable bonds is 5. The van der Waals surface area contributed by atoms with Gasteiger partial charge >= 0.3 is 5.97 Å². The van der Waals surface area contributed by atoms with E-state index < -0.39 is 17.4 Å². The Bertz CT molecular complexity index is 906. The number of β-lactam (4-membered cyclic amide) rings is 1. The van der Waals surface area contributed by atoms with Crippen molar-refractivity contribution in [1.82, 2.24) is 4.90 Å². The van der Waals surface area contributed by atoms with E-state index in [0.717, 1.165) is 16.7 Å². The van der Waals surface area contributed by atoms with Gasteiger partial charge in [-0.05, 0) is 43.6 Å². The van der Waals surface area contributed by atoms with E-state index in [-0.39, 0.29) is 24.7 Å². The Hall–Kier alpha value is -2.48. The largest absolute Gasteiger partial charge is 0.466 e. The number of hydrogen-bond acceptors (Lipinski definition) is 6. The second kappa shape index (κ2) is 7.65. The highest BCUT2D eigenvalue weighted by molar-refractivity contribution is 5.98. The van der Waals surface area contributed by atoms with Crippen molar-refractivity contribution in [2.75, 3.05) is 20.3 Å². The van der Waals surface area contributed by atoms with Gasteiger partial charge in [0, 0.05) is 12.6 Å². The van der Waals surface area contributed by atoms with Gasteiger partial charge in [-0.1, -0.05) is 30.3 Å². The summed E-state index contributed by atoms with van der Waals surface area (Å²) in [4.78, 5) is 26.7. The SMILES string of the molecule is COC(=O)/C=C/C1=C(C)[C@]2(OC1)C(=O)N(Cc1ccccc1)[C@H]2[C@H]1COC(C)(C)O1. The molecule has 0 aliphatic carbocycles. The molecule has 3 heterocycles. The molecule has 1 aromatic carbocycles. The summed E-state index contributed by atoms with van der Waals surface area (Å²) in [7, 11) is 1.33. The number of methoxy groups -OCH3 is 1. The normalized spacial score (nSPS) is 30.4. The molecule has 3 aliphatic heterocycles. The van der Waals surface area contributed by atoms with Crippen molar-refractivity contribution in [2.24, 2.45) is 0 Å². The number of amides is 1. The summed E-state index contributed by atoms with van der Waals surface area (Å²) in [5, 5.41) is 0. The molecule has 0 aromatic heterocycles. The quantitative estimate of drug-likeness (QED) is 0.419. The standard InChI is InChI=1S/C23H27NO6/c1-15-17(10-11-19(25)27-4)13-29-23(15)20(18-14-28-22(2,3)30-18)24(21(23)26)12-16-8-6-5-7-9-16/h5-11,18,20H,12-14H2,1-4H3/b11-10+/t18-,20+,23-/m1/s1. The molecular weight excluding hydrogens is 386 g/mol. The molecule has 3 aliphatic rings. The lowest BCUT2D eigenvalue weighted by atomic mass is 9.73. The molecule has 3 atom stereocenters. The molecule has 0 radical (unpaired) electrons. The molecular formula is C23H27NO6. The summed E-state index contributed by atoms with van der Waals surface area (Å²) in [6, 6.07) is 9.52. The van der Waals surface area contributed by atoms with Gasteiger partial charge in [-0.25, -0.2) is 4.79 Å². The zero-order valence-corrected chi connectivity index (χ0v) is 17.7. The van der Waals surface area contributed by atoms with Gasteiger partial charge in [0.15, 0.2) is 11.4 Å². The summed E-state index contributed by atoms with van der Waals surface area (Å²) >= 11 is 0. The second-order valence-corrected chi connectivity index (χ2v) is 8.26. The Morgan fingerprint density at radius 3 is 2.63 bits per heavy atom. The lowest BCUT2D eigenvalue weighted by Crippen LogP contribution is -2.77. The molecule has 1 amide bonds. The molecule has 1 aromatic rings. The Balaban J connectivity index is 1.66. The highest BCUT2D eigenvalue weighted by atomic mass is 16.7. The van der Waals surface area contributed by atoms with Crippen LogP contribution in [0.3, 0.4) is 0 Å². The molecule has 7 nitrogen and oxygen atoms in total. The summed E-state index contributed by atoms with van der Waals surface area (Å²) in [6.45, 7) is 6.71. The summed E-state index contributed by atoms with van der Waals surface area (Å²) in [5.41, 5.74) is 1.54. The van der Waals surface area contributed by atoms with Gasteiger partial charge in [-0.15, -0.1) is 0 Å². The zero-order chi connectivity index (χ0) is 21.5. The molecule has 2 saturated heterocycles. The van der Waals surface area contributed by atoms with Crippen LogP contribution in [0.25, 0.3) is 0 Å². The smallest absolute Gasteiger partial charge is 0.330 e. The van der Waals surface area contributed by atoms with E-state index in [1.165, 1.54) is 13.2 Å². The maximum absolute atomic E-state index is 13.4. The average Bonchev–Trinajstić information content (AvgIpc) is 3.26. The van der Waals surface area contributed by atoms with Crippen LogP contribution in [0.1, 0.15) is 26.3 Å². The third-order valence-electron chi connectivity index (χ3n) is 6.03. The Morgan fingerprint density at radius 2 is 2.00 bits per heavy atom. The van der Waals surface area contributed by atoms with Crippen LogP contribution >= 0.6 is 0 Å². The molecule has 160 valence electrons. The minimum atomic E-state index is -1.10. The predicted molar refractivity (Wildman–Crippen MR) is 108 cm³/mol. The summed E-state index contributed by atoms with van der Waals surface area (Å²) in [5.74, 6) is -1.26. The van der Waals surface area contributed by atoms with Crippen LogP contribution in [0, 0.1) is 0 Å². The van der Waals surface area contributed by atoms with Gasteiger partial charge in [0.25, 0.3) is 5.91 Å². The first-order chi connectivity index (χ1) is 14.3. The average molecular weight is 413 g/mol. The van der Waals surface area contributed by atoms with Crippen molar-refractivity contribution in [3.8, 4) is 0 Å². The van der Waals surface area contributed by atoms with Crippen molar-refractivity contribution in [3.63, 3.8) is 0 Å². The number of nitrogens with zero attached hydrogens (tertiary/aromatic N) is 1. The number of likely N-dealkylation sites (tertiary alicyclic amines) is 1. The Labute approximate surface area is 176 Å². The van der Waals surface area contributed by atoms with E-state index in [4.69, 9.17) is 14.2 Å². The van der Waals surface area contributed by atoms with Gasteiger partial charge in [0.05, 0.1) is 20.3 Å². The van der Waals surface area contributed by atoms with Crippen molar-refractivity contribution in [3.05, 3.63) is 59.2 Å². The van der Waals surface area contributed by atoms with Crippen LogP contribution in [-0.2, 0) is 35.1 Å². The fraction of sp³-hybridized carbons (Fsp3) is 0.478. The maximum Gasteiger partial charge on any atom is 0.330 e. The molecule has 1 spiro atoms. The van der Waals surface area contributed by atoms with Gasteiger partial charge < -0.3 is 23.8 Å². The maximum atomic E-state index is 13.4. The number of carbonyl (C=O) groups excluding carboxylic acids is 2. The van der Waals surface area contributed by atoms with Gasteiger partial charge in [-0.2, -0.15) is 0 Å². The van der Waals surface area contributed by atoms with Crippen LogP contribution in [-0.4, -0.2) is 60.6 Å². The lowest BCUT2D eigenvalue weighted by molar-refractivity contribution is -0.213. The molecule has 7 heteroatoms. The first kappa shape index (κ1) is 20.8. The third kappa shape index (κ3) is 3.37. The topological polar surface area (TPSA) is 74.3 Å². The van der Waals surface area contributed by atoms with E-state index in [9.17, 15) is 9.59 Å². The minimum Gasteiger partial charge on any atom is -0.466 e. The fourth-order valence-corrected chi connectivity index (χ4v) is 4.49. The first-order valence-corrected chi connectivity index (χ1v) is 10.1. The van der Waals surface area contributed by atoms with E-state index >= 15 is 0 Å². The minimum absolute atomic E-state index is 0.0939. The molecule has 0 bridgehead atoms. The third-order valence-corrected chi connectivity index (χ3v) is 6.03. The fourth-order valence-electron chi connectivity index (χ4n) is 4.49. The number of benzene rings is 1. The Morgan fingerprint density at radius 1 is 1.27 bits per heavy atom. The molecule has 0 unspecified atom stereocenters.